The fourth-order valence-corrected chi connectivity index (χ4v) is 1.65. The lowest BCUT2D eigenvalue weighted by Crippen LogP contribution is -2.19. The van der Waals surface area contributed by atoms with Crippen LogP contribution in [0.15, 0.2) is 12.3 Å². The standard InChI is InChI=1S/C15H26N2O/c1-5-6-7-18-15-8-13(4)17-11-14(15)10-16-9-12(2)3/h8,11-12,16H,5-7,9-10H2,1-4H3. The Kier molecular flexibility index (Phi) is 6.73. The molecule has 0 aliphatic heterocycles. The molecule has 1 heterocycles. The van der Waals surface area contributed by atoms with Gasteiger partial charge in [-0.25, -0.2) is 0 Å². The summed E-state index contributed by atoms with van der Waals surface area (Å²) in [5, 5.41) is 3.43. The van der Waals surface area contributed by atoms with E-state index in [4.69, 9.17) is 4.74 Å². The third-order valence-corrected chi connectivity index (χ3v) is 2.70. The second kappa shape index (κ2) is 8.09. The summed E-state index contributed by atoms with van der Waals surface area (Å²) in [6.07, 6.45) is 4.18. The van der Waals surface area contributed by atoms with Gasteiger partial charge in [0.2, 0.25) is 0 Å². The van der Waals surface area contributed by atoms with Crippen LogP contribution in [0.3, 0.4) is 0 Å². The Morgan fingerprint density at radius 1 is 1.39 bits per heavy atom. The molecule has 18 heavy (non-hydrogen) atoms. The lowest BCUT2D eigenvalue weighted by molar-refractivity contribution is 0.304. The second-order valence-electron chi connectivity index (χ2n) is 5.16. The van der Waals surface area contributed by atoms with Crippen molar-refractivity contribution in [2.24, 2.45) is 5.92 Å². The highest BCUT2D eigenvalue weighted by Crippen LogP contribution is 2.19. The minimum absolute atomic E-state index is 0.660. The largest absolute Gasteiger partial charge is 0.493 e. The smallest absolute Gasteiger partial charge is 0.127 e. The van der Waals surface area contributed by atoms with Crippen molar-refractivity contribution in [2.45, 2.75) is 47.1 Å². The predicted molar refractivity (Wildman–Crippen MR) is 75.9 cm³/mol. The zero-order valence-corrected chi connectivity index (χ0v) is 12.1. The maximum absolute atomic E-state index is 5.84. The van der Waals surface area contributed by atoms with Gasteiger partial charge in [-0.15, -0.1) is 0 Å². The average Bonchev–Trinajstić information content (AvgIpc) is 2.32. The zero-order chi connectivity index (χ0) is 13.4. The Bertz CT molecular complexity index is 350. The van der Waals surface area contributed by atoms with Crippen molar-refractivity contribution in [3.05, 3.63) is 23.5 Å². The van der Waals surface area contributed by atoms with Crippen molar-refractivity contribution < 1.29 is 4.74 Å². The second-order valence-corrected chi connectivity index (χ2v) is 5.16. The van der Waals surface area contributed by atoms with Crippen molar-refractivity contribution >= 4 is 0 Å². The van der Waals surface area contributed by atoms with Crippen LogP contribution in [0, 0.1) is 12.8 Å². The van der Waals surface area contributed by atoms with E-state index in [-0.39, 0.29) is 0 Å². The van der Waals surface area contributed by atoms with E-state index < -0.39 is 0 Å². The fraction of sp³-hybridized carbons (Fsp3) is 0.667. The van der Waals surface area contributed by atoms with E-state index in [2.05, 4.69) is 31.1 Å². The average molecular weight is 250 g/mol. The molecule has 0 aliphatic rings. The molecule has 0 amide bonds. The van der Waals surface area contributed by atoms with E-state index in [0.717, 1.165) is 49.5 Å². The first-order chi connectivity index (χ1) is 8.63. The summed E-state index contributed by atoms with van der Waals surface area (Å²) in [5.41, 5.74) is 2.16. The van der Waals surface area contributed by atoms with Crippen LogP contribution in [0.4, 0.5) is 0 Å². The Morgan fingerprint density at radius 2 is 2.17 bits per heavy atom. The third-order valence-electron chi connectivity index (χ3n) is 2.70. The van der Waals surface area contributed by atoms with E-state index in [0.29, 0.717) is 5.92 Å². The molecule has 1 rings (SSSR count). The molecule has 1 aromatic heterocycles. The molecule has 0 unspecified atom stereocenters. The molecule has 0 bridgehead atoms. The molecule has 0 saturated carbocycles. The molecular formula is C15H26N2O. The molecule has 3 heteroatoms. The van der Waals surface area contributed by atoms with Gasteiger partial charge < -0.3 is 10.1 Å². The molecule has 0 saturated heterocycles. The molecule has 0 fully saturated rings. The molecule has 1 N–H and O–H groups in total. The number of hydrogen-bond donors (Lipinski definition) is 1. The first-order valence-electron chi connectivity index (χ1n) is 6.92. The third kappa shape index (κ3) is 5.50. The van der Waals surface area contributed by atoms with Gasteiger partial charge in [0.15, 0.2) is 0 Å². The molecule has 0 aliphatic carbocycles. The Balaban J connectivity index is 2.58. The summed E-state index contributed by atoms with van der Waals surface area (Å²) < 4.78 is 5.84. The number of nitrogens with zero attached hydrogens (tertiary/aromatic N) is 1. The number of unbranched alkanes of at least 4 members (excludes halogenated alkanes) is 1. The number of ether oxygens (including phenoxy) is 1. The first-order valence-corrected chi connectivity index (χ1v) is 6.92. The topological polar surface area (TPSA) is 34.1 Å². The van der Waals surface area contributed by atoms with E-state index in [9.17, 15) is 0 Å². The molecule has 0 aromatic carbocycles. The van der Waals surface area contributed by atoms with Gasteiger partial charge in [0, 0.05) is 30.1 Å². The molecule has 3 nitrogen and oxygen atoms in total. The van der Waals surface area contributed by atoms with Crippen LogP contribution < -0.4 is 10.1 Å². The van der Waals surface area contributed by atoms with Gasteiger partial charge in [-0.3, -0.25) is 4.98 Å². The fourth-order valence-electron chi connectivity index (χ4n) is 1.65. The van der Waals surface area contributed by atoms with Gasteiger partial charge in [-0.2, -0.15) is 0 Å². The van der Waals surface area contributed by atoms with Gasteiger partial charge in [-0.1, -0.05) is 27.2 Å². The van der Waals surface area contributed by atoms with E-state index >= 15 is 0 Å². The van der Waals surface area contributed by atoms with E-state index in [1.54, 1.807) is 0 Å². The van der Waals surface area contributed by atoms with Crippen molar-refractivity contribution in [3.63, 3.8) is 0 Å². The lowest BCUT2D eigenvalue weighted by Gasteiger charge is -2.13. The van der Waals surface area contributed by atoms with Crippen molar-refractivity contribution in [2.75, 3.05) is 13.2 Å². The molecule has 0 atom stereocenters. The SMILES string of the molecule is CCCCOc1cc(C)ncc1CNCC(C)C. The summed E-state index contributed by atoms with van der Waals surface area (Å²) in [5.74, 6) is 1.64. The van der Waals surface area contributed by atoms with Crippen molar-refractivity contribution in [1.29, 1.82) is 0 Å². The maximum atomic E-state index is 5.84. The van der Waals surface area contributed by atoms with E-state index in [1.807, 2.05) is 19.2 Å². The van der Waals surface area contributed by atoms with Crippen LogP contribution >= 0.6 is 0 Å². The van der Waals surface area contributed by atoms with Crippen LogP contribution in [0.25, 0.3) is 0 Å². The number of nitrogens with one attached hydrogen (secondary N) is 1. The van der Waals surface area contributed by atoms with Crippen LogP contribution in [0.5, 0.6) is 5.75 Å². The summed E-state index contributed by atoms with van der Waals surface area (Å²) in [6.45, 7) is 11.2. The van der Waals surface area contributed by atoms with Gasteiger partial charge in [0.05, 0.1) is 6.61 Å². The highest BCUT2D eigenvalue weighted by Gasteiger charge is 2.05. The minimum atomic E-state index is 0.660. The summed E-state index contributed by atoms with van der Waals surface area (Å²) >= 11 is 0. The number of rotatable bonds is 8. The first kappa shape index (κ1) is 15.0. The number of aryl methyl sites for hydroxylation is 1. The zero-order valence-electron chi connectivity index (χ0n) is 12.1. The van der Waals surface area contributed by atoms with Gasteiger partial charge >= 0.3 is 0 Å². The van der Waals surface area contributed by atoms with Crippen molar-refractivity contribution in [3.8, 4) is 5.75 Å². The summed E-state index contributed by atoms with van der Waals surface area (Å²) in [7, 11) is 0. The number of hydrogen-bond acceptors (Lipinski definition) is 3. The summed E-state index contributed by atoms with van der Waals surface area (Å²) in [4.78, 5) is 4.35. The van der Waals surface area contributed by atoms with Crippen LogP contribution in [0.1, 0.15) is 44.9 Å². The molecule has 0 radical (unpaired) electrons. The quantitative estimate of drug-likeness (QED) is 0.719. The van der Waals surface area contributed by atoms with Crippen LogP contribution in [-0.4, -0.2) is 18.1 Å². The number of pyridine rings is 1. The minimum Gasteiger partial charge on any atom is -0.493 e. The normalized spacial score (nSPS) is 10.9. The highest BCUT2D eigenvalue weighted by molar-refractivity contribution is 5.32. The monoisotopic (exact) mass is 250 g/mol. The Hall–Kier alpha value is -1.09. The van der Waals surface area contributed by atoms with E-state index in [1.165, 1.54) is 0 Å². The molecule has 102 valence electrons. The Labute approximate surface area is 111 Å². The summed E-state index contributed by atoms with van der Waals surface area (Å²) in [6, 6.07) is 2.03. The predicted octanol–water partition coefficient (Wildman–Crippen LogP) is 3.31. The highest BCUT2D eigenvalue weighted by atomic mass is 16.5. The lowest BCUT2D eigenvalue weighted by atomic mass is 10.2. The maximum Gasteiger partial charge on any atom is 0.127 e. The molecular weight excluding hydrogens is 224 g/mol. The van der Waals surface area contributed by atoms with Crippen molar-refractivity contribution in [1.82, 2.24) is 10.3 Å². The van der Waals surface area contributed by atoms with Crippen LogP contribution in [0.2, 0.25) is 0 Å². The van der Waals surface area contributed by atoms with Gasteiger partial charge in [-0.05, 0) is 25.8 Å². The van der Waals surface area contributed by atoms with Crippen LogP contribution in [-0.2, 0) is 6.54 Å². The molecule has 0 spiro atoms. The molecule has 1 aromatic rings. The van der Waals surface area contributed by atoms with Gasteiger partial charge in [0.25, 0.3) is 0 Å². The Morgan fingerprint density at radius 3 is 2.83 bits per heavy atom. The van der Waals surface area contributed by atoms with Gasteiger partial charge in [0.1, 0.15) is 5.75 Å². The number of aromatic nitrogens is 1.